The molecule has 3 aromatic rings. The zero-order valence-electron chi connectivity index (χ0n) is 17.5. The van der Waals surface area contributed by atoms with E-state index in [0.717, 1.165) is 16.7 Å². The number of hydrogen-bond acceptors (Lipinski definition) is 5. The molecule has 2 aromatic carbocycles. The molecule has 162 valence electrons. The quantitative estimate of drug-likeness (QED) is 0.638. The summed E-state index contributed by atoms with van der Waals surface area (Å²) in [6, 6.07) is 16.6. The average Bonchev–Trinajstić information content (AvgIpc) is 3.12. The van der Waals surface area contributed by atoms with Gasteiger partial charge in [0.05, 0.1) is 0 Å². The molecule has 0 radical (unpaired) electrons. The molecular formula is C23H25N3O4S. The number of benzene rings is 2. The Morgan fingerprint density at radius 3 is 2.45 bits per heavy atom. The van der Waals surface area contributed by atoms with Crippen LogP contribution in [0.1, 0.15) is 28.1 Å². The Hall–Kier alpha value is -2.97. The molecule has 7 nitrogen and oxygen atoms in total. The van der Waals surface area contributed by atoms with Crippen LogP contribution in [0.15, 0.2) is 64.0 Å². The molecule has 0 saturated heterocycles. The number of fused-ring (bicyclic) bond motifs is 1. The normalized spacial score (nSPS) is 16.6. The molecule has 1 aliphatic heterocycles. The molecule has 2 heterocycles. The van der Waals surface area contributed by atoms with Crippen molar-refractivity contribution < 1.29 is 17.7 Å². The number of nitrogens with zero attached hydrogens (tertiary/aromatic N) is 2. The first-order valence-electron chi connectivity index (χ1n) is 10.2. The van der Waals surface area contributed by atoms with E-state index in [1.807, 2.05) is 54.6 Å². The Labute approximate surface area is 182 Å². The summed E-state index contributed by atoms with van der Waals surface area (Å²) < 4.78 is 33.5. The third-order valence-electron chi connectivity index (χ3n) is 5.60. The molecule has 1 amide bonds. The first-order valence-corrected chi connectivity index (χ1v) is 11.6. The SMILES string of the molecule is Cc1noc(C)c1S(=O)(=O)N1Cc2ccccc2CC1C(=O)NCCc1ccccc1. The van der Waals surface area contributed by atoms with Gasteiger partial charge in [-0.1, -0.05) is 59.8 Å². The zero-order chi connectivity index (χ0) is 22.0. The lowest BCUT2D eigenvalue weighted by atomic mass is 9.95. The molecule has 1 unspecified atom stereocenters. The summed E-state index contributed by atoms with van der Waals surface area (Å²) >= 11 is 0. The van der Waals surface area contributed by atoms with Crippen LogP contribution < -0.4 is 5.32 Å². The Balaban J connectivity index is 1.61. The number of hydrogen-bond donors (Lipinski definition) is 1. The highest BCUT2D eigenvalue weighted by atomic mass is 32.2. The minimum Gasteiger partial charge on any atom is -0.360 e. The maximum atomic E-state index is 13.6. The highest BCUT2D eigenvalue weighted by molar-refractivity contribution is 7.89. The number of carbonyl (C=O) groups is 1. The van der Waals surface area contributed by atoms with Crippen LogP contribution in [-0.2, 0) is 34.2 Å². The number of aromatic nitrogens is 1. The van der Waals surface area contributed by atoms with Gasteiger partial charge in [0.15, 0.2) is 5.76 Å². The molecule has 0 spiro atoms. The summed E-state index contributed by atoms with van der Waals surface area (Å²) in [5.74, 6) is -0.0830. The van der Waals surface area contributed by atoms with Crippen molar-refractivity contribution in [3.05, 3.63) is 82.7 Å². The molecular weight excluding hydrogens is 414 g/mol. The number of rotatable bonds is 6. The van der Waals surface area contributed by atoms with Gasteiger partial charge in [0.1, 0.15) is 16.6 Å². The van der Waals surface area contributed by atoms with Crippen molar-refractivity contribution >= 4 is 15.9 Å². The van der Waals surface area contributed by atoms with Crippen molar-refractivity contribution in [3.8, 4) is 0 Å². The highest BCUT2D eigenvalue weighted by Crippen LogP contribution is 2.31. The first kappa shape index (κ1) is 21.3. The fraction of sp³-hybridized carbons (Fsp3) is 0.304. The van der Waals surface area contributed by atoms with Gasteiger partial charge in [0.2, 0.25) is 15.9 Å². The lowest BCUT2D eigenvalue weighted by Gasteiger charge is -2.34. The molecule has 0 saturated carbocycles. The van der Waals surface area contributed by atoms with Gasteiger partial charge >= 0.3 is 0 Å². The first-order chi connectivity index (χ1) is 14.9. The fourth-order valence-electron chi connectivity index (χ4n) is 4.03. The second-order valence-corrected chi connectivity index (χ2v) is 9.55. The minimum absolute atomic E-state index is 0.0361. The molecule has 1 aliphatic rings. The molecule has 8 heteroatoms. The third-order valence-corrected chi connectivity index (χ3v) is 7.70. The Morgan fingerprint density at radius 2 is 1.77 bits per heavy atom. The van der Waals surface area contributed by atoms with Gasteiger partial charge in [-0.05, 0) is 43.4 Å². The smallest absolute Gasteiger partial charge is 0.249 e. The van der Waals surface area contributed by atoms with E-state index >= 15 is 0 Å². The molecule has 0 aliphatic carbocycles. The van der Waals surface area contributed by atoms with Crippen molar-refractivity contribution in [1.29, 1.82) is 0 Å². The van der Waals surface area contributed by atoms with Gasteiger partial charge in [-0.25, -0.2) is 8.42 Å². The topological polar surface area (TPSA) is 92.5 Å². The van der Waals surface area contributed by atoms with E-state index in [9.17, 15) is 13.2 Å². The van der Waals surface area contributed by atoms with Crippen LogP contribution in [0.25, 0.3) is 0 Å². The molecule has 1 atom stereocenters. The van der Waals surface area contributed by atoms with Crippen LogP contribution in [0.3, 0.4) is 0 Å². The predicted octanol–water partition coefficient (Wildman–Crippen LogP) is 2.77. The number of carbonyl (C=O) groups excluding carboxylic acids is 1. The van der Waals surface area contributed by atoms with Crippen LogP contribution in [0.2, 0.25) is 0 Å². The van der Waals surface area contributed by atoms with Crippen LogP contribution in [0, 0.1) is 13.8 Å². The summed E-state index contributed by atoms with van der Waals surface area (Å²) in [5.41, 5.74) is 3.28. The van der Waals surface area contributed by atoms with Gasteiger partial charge < -0.3 is 9.84 Å². The number of sulfonamides is 1. The molecule has 1 aromatic heterocycles. The van der Waals surface area contributed by atoms with E-state index < -0.39 is 16.1 Å². The lowest BCUT2D eigenvalue weighted by molar-refractivity contribution is -0.125. The van der Waals surface area contributed by atoms with E-state index in [2.05, 4.69) is 10.5 Å². The largest absolute Gasteiger partial charge is 0.360 e. The minimum atomic E-state index is -3.98. The van der Waals surface area contributed by atoms with Gasteiger partial charge in [0, 0.05) is 13.1 Å². The Morgan fingerprint density at radius 1 is 1.10 bits per heavy atom. The average molecular weight is 440 g/mol. The molecule has 0 fully saturated rings. The Bertz CT molecular complexity index is 1170. The number of aryl methyl sites for hydroxylation is 2. The Kier molecular flexibility index (Phi) is 5.93. The van der Waals surface area contributed by atoms with E-state index in [1.165, 1.54) is 4.31 Å². The predicted molar refractivity (Wildman–Crippen MR) is 116 cm³/mol. The van der Waals surface area contributed by atoms with E-state index in [0.29, 0.717) is 25.1 Å². The van der Waals surface area contributed by atoms with Crippen LogP contribution in [0.5, 0.6) is 0 Å². The van der Waals surface area contributed by atoms with Crippen LogP contribution in [-0.4, -0.2) is 36.4 Å². The molecule has 1 N–H and O–H groups in total. The van der Waals surface area contributed by atoms with Crippen molar-refractivity contribution in [2.75, 3.05) is 6.54 Å². The summed E-state index contributed by atoms with van der Waals surface area (Å²) in [6.45, 7) is 3.72. The van der Waals surface area contributed by atoms with Crippen molar-refractivity contribution in [2.24, 2.45) is 0 Å². The highest BCUT2D eigenvalue weighted by Gasteiger charge is 2.41. The van der Waals surface area contributed by atoms with Crippen molar-refractivity contribution in [2.45, 2.75) is 44.2 Å². The molecule has 0 bridgehead atoms. The van der Waals surface area contributed by atoms with E-state index in [-0.39, 0.29) is 23.1 Å². The van der Waals surface area contributed by atoms with Crippen LogP contribution >= 0.6 is 0 Å². The maximum absolute atomic E-state index is 13.6. The van der Waals surface area contributed by atoms with E-state index in [1.54, 1.807) is 13.8 Å². The van der Waals surface area contributed by atoms with Gasteiger partial charge in [-0.2, -0.15) is 4.31 Å². The van der Waals surface area contributed by atoms with Gasteiger partial charge in [0.25, 0.3) is 0 Å². The second-order valence-electron chi connectivity index (χ2n) is 7.72. The van der Waals surface area contributed by atoms with Gasteiger partial charge in [-0.3, -0.25) is 4.79 Å². The monoisotopic (exact) mass is 439 g/mol. The van der Waals surface area contributed by atoms with E-state index in [4.69, 9.17) is 4.52 Å². The second kappa shape index (κ2) is 8.64. The number of amides is 1. The van der Waals surface area contributed by atoms with Crippen molar-refractivity contribution in [1.82, 2.24) is 14.8 Å². The molecule has 31 heavy (non-hydrogen) atoms. The van der Waals surface area contributed by atoms with Gasteiger partial charge in [-0.15, -0.1) is 0 Å². The summed E-state index contributed by atoms with van der Waals surface area (Å²) in [4.78, 5) is 13.2. The zero-order valence-corrected chi connectivity index (χ0v) is 18.4. The summed E-state index contributed by atoms with van der Waals surface area (Å²) in [7, 11) is -3.98. The lowest BCUT2D eigenvalue weighted by Crippen LogP contribution is -2.52. The number of nitrogens with one attached hydrogen (secondary N) is 1. The maximum Gasteiger partial charge on any atom is 0.249 e. The standard InChI is InChI=1S/C23H25N3O4S/c1-16-22(17(2)30-25-16)31(28,29)26-15-20-11-7-6-10-19(20)14-21(26)23(27)24-13-12-18-8-4-3-5-9-18/h3-11,21H,12-15H2,1-2H3,(H,24,27). The summed E-state index contributed by atoms with van der Waals surface area (Å²) in [6.07, 6.45) is 0.989. The third kappa shape index (κ3) is 4.26. The van der Waals surface area contributed by atoms with Crippen molar-refractivity contribution in [3.63, 3.8) is 0 Å². The summed E-state index contributed by atoms with van der Waals surface area (Å²) in [5, 5.41) is 6.72. The molecule has 4 rings (SSSR count). The fourth-order valence-corrected chi connectivity index (χ4v) is 5.89. The van der Waals surface area contributed by atoms with Crippen LogP contribution in [0.4, 0.5) is 0 Å².